The number of hydrogen-bond acceptors (Lipinski definition) is 1. The summed E-state index contributed by atoms with van der Waals surface area (Å²) in [4.78, 5) is 0. The summed E-state index contributed by atoms with van der Waals surface area (Å²) in [5.74, 6) is 0.933. The molecule has 0 amide bonds. The van der Waals surface area contributed by atoms with E-state index in [1.54, 1.807) is 0 Å². The minimum Gasteiger partial charge on any atom is -0.330 e. The van der Waals surface area contributed by atoms with Crippen LogP contribution in [0.1, 0.15) is 58.8 Å². The van der Waals surface area contributed by atoms with Crippen molar-refractivity contribution in [2.45, 2.75) is 58.8 Å². The lowest BCUT2D eigenvalue weighted by atomic mass is 9.97. The highest BCUT2D eigenvalue weighted by atomic mass is 14.5. The van der Waals surface area contributed by atoms with Crippen molar-refractivity contribution in [3.63, 3.8) is 0 Å². The molecular formula is C11H25N. The molecule has 0 saturated heterocycles. The third kappa shape index (κ3) is 8.06. The molecule has 1 atom stereocenters. The van der Waals surface area contributed by atoms with Gasteiger partial charge in [-0.15, -0.1) is 0 Å². The third-order valence-electron chi connectivity index (χ3n) is 2.45. The van der Waals surface area contributed by atoms with Gasteiger partial charge in [-0.2, -0.15) is 0 Å². The van der Waals surface area contributed by atoms with Gasteiger partial charge in [0.05, 0.1) is 0 Å². The fraction of sp³-hybridized carbons (Fsp3) is 1.00. The van der Waals surface area contributed by atoms with Gasteiger partial charge in [0.25, 0.3) is 0 Å². The first-order valence-electron chi connectivity index (χ1n) is 5.51. The van der Waals surface area contributed by atoms with Crippen molar-refractivity contribution in [3.8, 4) is 0 Å². The van der Waals surface area contributed by atoms with E-state index in [1.807, 2.05) is 0 Å². The smallest absolute Gasteiger partial charge is 0.00773 e. The van der Waals surface area contributed by atoms with Crippen LogP contribution in [0.4, 0.5) is 0 Å². The molecule has 0 saturated carbocycles. The van der Waals surface area contributed by atoms with Gasteiger partial charge < -0.3 is 5.73 Å². The van der Waals surface area contributed by atoms with Crippen molar-refractivity contribution in [2.24, 2.45) is 11.7 Å². The first-order chi connectivity index (χ1) is 5.81. The van der Waals surface area contributed by atoms with Crippen LogP contribution in [0.3, 0.4) is 0 Å². The van der Waals surface area contributed by atoms with E-state index in [0.717, 1.165) is 12.5 Å². The zero-order valence-corrected chi connectivity index (χ0v) is 8.81. The standard InChI is InChI=1S/C11H25N/c1-3-4-8-11(2)9-6-5-7-10-12/h11H,3-10,12H2,1-2H3/t11-/m1/s1. The summed E-state index contributed by atoms with van der Waals surface area (Å²) in [6.45, 7) is 5.50. The molecule has 0 aliphatic rings. The summed E-state index contributed by atoms with van der Waals surface area (Å²) < 4.78 is 0. The summed E-state index contributed by atoms with van der Waals surface area (Å²) >= 11 is 0. The molecule has 0 aliphatic carbocycles. The minimum absolute atomic E-state index is 0.864. The molecular weight excluding hydrogens is 146 g/mol. The molecule has 0 fully saturated rings. The van der Waals surface area contributed by atoms with Gasteiger partial charge in [0.2, 0.25) is 0 Å². The molecule has 74 valence electrons. The number of hydrogen-bond donors (Lipinski definition) is 1. The van der Waals surface area contributed by atoms with Gasteiger partial charge in [-0.1, -0.05) is 52.4 Å². The van der Waals surface area contributed by atoms with Crippen LogP contribution in [0.25, 0.3) is 0 Å². The van der Waals surface area contributed by atoms with Gasteiger partial charge in [-0.25, -0.2) is 0 Å². The van der Waals surface area contributed by atoms with Crippen LogP contribution in [0.15, 0.2) is 0 Å². The first kappa shape index (κ1) is 12.0. The van der Waals surface area contributed by atoms with Crippen LogP contribution in [-0.2, 0) is 0 Å². The number of rotatable bonds is 8. The lowest BCUT2D eigenvalue weighted by Gasteiger charge is -2.09. The van der Waals surface area contributed by atoms with Crippen molar-refractivity contribution in [3.05, 3.63) is 0 Å². The molecule has 0 aliphatic heterocycles. The normalized spacial score (nSPS) is 13.2. The molecule has 1 heteroatoms. The highest BCUT2D eigenvalue weighted by Gasteiger charge is 2.00. The summed E-state index contributed by atoms with van der Waals surface area (Å²) in [7, 11) is 0. The Morgan fingerprint density at radius 1 is 1.00 bits per heavy atom. The SMILES string of the molecule is CCCC[C@@H](C)CCCCCN. The van der Waals surface area contributed by atoms with E-state index in [9.17, 15) is 0 Å². The van der Waals surface area contributed by atoms with Gasteiger partial charge in [-0.05, 0) is 18.9 Å². The largest absolute Gasteiger partial charge is 0.330 e. The van der Waals surface area contributed by atoms with Crippen LogP contribution in [0, 0.1) is 5.92 Å². The molecule has 0 unspecified atom stereocenters. The Morgan fingerprint density at radius 2 is 1.67 bits per heavy atom. The Bertz CT molecular complexity index is 81.1. The van der Waals surface area contributed by atoms with Gasteiger partial charge in [0.1, 0.15) is 0 Å². The molecule has 0 aromatic heterocycles. The van der Waals surface area contributed by atoms with E-state index in [4.69, 9.17) is 5.73 Å². The molecule has 0 heterocycles. The Labute approximate surface area is 77.7 Å². The summed E-state index contributed by atoms with van der Waals surface area (Å²) in [5.41, 5.74) is 5.43. The number of unbranched alkanes of at least 4 members (excludes halogenated alkanes) is 3. The molecule has 0 spiro atoms. The summed E-state index contributed by atoms with van der Waals surface area (Å²) in [6.07, 6.45) is 9.47. The maximum atomic E-state index is 5.43. The molecule has 0 radical (unpaired) electrons. The van der Waals surface area contributed by atoms with Crippen molar-refractivity contribution in [1.29, 1.82) is 0 Å². The monoisotopic (exact) mass is 171 g/mol. The topological polar surface area (TPSA) is 26.0 Å². The molecule has 12 heavy (non-hydrogen) atoms. The predicted molar refractivity (Wildman–Crippen MR) is 56.2 cm³/mol. The maximum absolute atomic E-state index is 5.43. The summed E-state index contributed by atoms with van der Waals surface area (Å²) in [6, 6.07) is 0. The fourth-order valence-corrected chi connectivity index (χ4v) is 1.51. The molecule has 2 N–H and O–H groups in total. The van der Waals surface area contributed by atoms with E-state index >= 15 is 0 Å². The van der Waals surface area contributed by atoms with E-state index in [-0.39, 0.29) is 0 Å². The molecule has 0 bridgehead atoms. The zero-order chi connectivity index (χ0) is 9.23. The highest BCUT2D eigenvalue weighted by molar-refractivity contribution is 4.53. The maximum Gasteiger partial charge on any atom is -0.00773 e. The Kier molecular flexibility index (Phi) is 9.02. The van der Waals surface area contributed by atoms with Crippen LogP contribution >= 0.6 is 0 Å². The van der Waals surface area contributed by atoms with Crippen molar-refractivity contribution >= 4 is 0 Å². The second kappa shape index (κ2) is 9.05. The van der Waals surface area contributed by atoms with E-state index < -0.39 is 0 Å². The second-order valence-corrected chi connectivity index (χ2v) is 3.89. The lowest BCUT2D eigenvalue weighted by molar-refractivity contribution is 0.446. The Balaban J connectivity index is 3.02. The van der Waals surface area contributed by atoms with Crippen LogP contribution < -0.4 is 5.73 Å². The average molecular weight is 171 g/mol. The van der Waals surface area contributed by atoms with Crippen molar-refractivity contribution in [1.82, 2.24) is 0 Å². The van der Waals surface area contributed by atoms with Crippen LogP contribution in [-0.4, -0.2) is 6.54 Å². The number of nitrogens with two attached hydrogens (primary N) is 1. The quantitative estimate of drug-likeness (QED) is 0.557. The zero-order valence-electron chi connectivity index (χ0n) is 8.81. The van der Waals surface area contributed by atoms with Crippen molar-refractivity contribution < 1.29 is 0 Å². The van der Waals surface area contributed by atoms with Gasteiger partial charge in [0.15, 0.2) is 0 Å². The fourth-order valence-electron chi connectivity index (χ4n) is 1.51. The van der Waals surface area contributed by atoms with E-state index in [1.165, 1.54) is 44.9 Å². The summed E-state index contributed by atoms with van der Waals surface area (Å²) in [5, 5.41) is 0. The predicted octanol–water partition coefficient (Wildman–Crippen LogP) is 3.33. The van der Waals surface area contributed by atoms with E-state index in [0.29, 0.717) is 0 Å². The molecule has 1 nitrogen and oxygen atoms in total. The van der Waals surface area contributed by atoms with Gasteiger partial charge >= 0.3 is 0 Å². The van der Waals surface area contributed by atoms with Gasteiger partial charge in [-0.3, -0.25) is 0 Å². The minimum atomic E-state index is 0.864. The lowest BCUT2D eigenvalue weighted by Crippen LogP contribution is -1.99. The molecule has 0 aromatic rings. The first-order valence-corrected chi connectivity index (χ1v) is 5.51. The second-order valence-electron chi connectivity index (χ2n) is 3.89. The average Bonchev–Trinajstić information content (AvgIpc) is 2.09. The van der Waals surface area contributed by atoms with Crippen LogP contribution in [0.2, 0.25) is 0 Å². The third-order valence-corrected chi connectivity index (χ3v) is 2.45. The van der Waals surface area contributed by atoms with Crippen molar-refractivity contribution in [2.75, 3.05) is 6.54 Å². The Hall–Kier alpha value is -0.0400. The highest BCUT2D eigenvalue weighted by Crippen LogP contribution is 2.15. The molecule has 0 aromatic carbocycles. The molecule has 0 rings (SSSR count). The van der Waals surface area contributed by atoms with E-state index in [2.05, 4.69) is 13.8 Å². The van der Waals surface area contributed by atoms with Gasteiger partial charge in [0, 0.05) is 0 Å². The van der Waals surface area contributed by atoms with Crippen LogP contribution in [0.5, 0.6) is 0 Å². The Morgan fingerprint density at radius 3 is 2.25 bits per heavy atom.